The highest BCUT2D eigenvalue weighted by atomic mass is 35.5. The molecule has 0 aromatic carbocycles. The fourth-order valence-electron chi connectivity index (χ4n) is 2.99. The number of rotatable bonds is 3. The summed E-state index contributed by atoms with van der Waals surface area (Å²) < 4.78 is 0. The SMILES string of the molecule is CCNC1CC(C)(C)Cc2nc(-c3ncccc3Cl)sc21. The molecule has 1 aliphatic rings. The molecule has 3 nitrogen and oxygen atoms in total. The highest BCUT2D eigenvalue weighted by Gasteiger charge is 2.35. The van der Waals surface area contributed by atoms with E-state index in [1.54, 1.807) is 17.5 Å². The minimum atomic E-state index is 0.277. The van der Waals surface area contributed by atoms with Gasteiger partial charge in [-0.2, -0.15) is 0 Å². The molecule has 2 aromatic rings. The summed E-state index contributed by atoms with van der Waals surface area (Å²) in [4.78, 5) is 10.6. The van der Waals surface area contributed by atoms with Crippen molar-refractivity contribution >= 4 is 22.9 Å². The largest absolute Gasteiger partial charge is 0.309 e. The molecule has 0 saturated heterocycles. The number of halogens is 1. The third-order valence-electron chi connectivity index (χ3n) is 3.86. The van der Waals surface area contributed by atoms with Gasteiger partial charge in [0.1, 0.15) is 10.7 Å². The zero-order valence-electron chi connectivity index (χ0n) is 12.6. The van der Waals surface area contributed by atoms with E-state index >= 15 is 0 Å². The maximum atomic E-state index is 6.26. The van der Waals surface area contributed by atoms with Crippen molar-refractivity contribution in [2.75, 3.05) is 6.54 Å². The van der Waals surface area contributed by atoms with Crippen LogP contribution >= 0.6 is 22.9 Å². The summed E-state index contributed by atoms with van der Waals surface area (Å²) in [6.07, 6.45) is 3.93. The Morgan fingerprint density at radius 3 is 3.00 bits per heavy atom. The van der Waals surface area contributed by atoms with Crippen LogP contribution in [0.5, 0.6) is 0 Å². The number of thiazole rings is 1. The van der Waals surface area contributed by atoms with Gasteiger partial charge in [-0.05, 0) is 36.9 Å². The molecule has 112 valence electrons. The smallest absolute Gasteiger partial charge is 0.143 e. The van der Waals surface area contributed by atoms with E-state index < -0.39 is 0 Å². The first-order valence-electron chi connectivity index (χ1n) is 7.34. The molecule has 1 aliphatic carbocycles. The second-order valence-electron chi connectivity index (χ2n) is 6.32. The number of pyridine rings is 1. The highest BCUT2D eigenvalue weighted by molar-refractivity contribution is 7.15. The third-order valence-corrected chi connectivity index (χ3v) is 5.38. The molecule has 5 heteroatoms. The predicted molar refractivity (Wildman–Crippen MR) is 88.9 cm³/mol. The molecule has 0 fully saturated rings. The van der Waals surface area contributed by atoms with Crippen LogP contribution in [0, 0.1) is 5.41 Å². The summed E-state index contributed by atoms with van der Waals surface area (Å²) in [5.74, 6) is 0. The van der Waals surface area contributed by atoms with Crippen LogP contribution in [0.3, 0.4) is 0 Å². The van der Waals surface area contributed by atoms with E-state index in [4.69, 9.17) is 16.6 Å². The zero-order valence-corrected chi connectivity index (χ0v) is 14.2. The van der Waals surface area contributed by atoms with Crippen molar-refractivity contribution < 1.29 is 0 Å². The second kappa shape index (κ2) is 5.67. The van der Waals surface area contributed by atoms with Gasteiger partial charge in [-0.3, -0.25) is 4.98 Å². The summed E-state index contributed by atoms with van der Waals surface area (Å²) in [6, 6.07) is 4.11. The number of aromatic nitrogens is 2. The molecule has 0 radical (unpaired) electrons. The van der Waals surface area contributed by atoms with Gasteiger partial charge in [0.2, 0.25) is 0 Å². The molecule has 0 bridgehead atoms. The lowest BCUT2D eigenvalue weighted by Crippen LogP contribution is -2.32. The van der Waals surface area contributed by atoms with Gasteiger partial charge < -0.3 is 5.32 Å². The Balaban J connectivity index is 2.04. The van der Waals surface area contributed by atoms with Gasteiger partial charge in [0.25, 0.3) is 0 Å². The standard InChI is InChI=1S/C16H20ClN3S/c1-4-18-11-8-16(2,3)9-12-14(11)21-15(20-12)13-10(17)6-5-7-19-13/h5-7,11,18H,4,8-9H2,1-3H3. The van der Waals surface area contributed by atoms with Crippen LogP contribution in [-0.2, 0) is 6.42 Å². The number of hydrogen-bond donors (Lipinski definition) is 1. The molecular formula is C16H20ClN3S. The molecule has 1 unspecified atom stereocenters. The summed E-state index contributed by atoms with van der Waals surface area (Å²) in [5, 5.41) is 5.20. The predicted octanol–water partition coefficient (Wildman–Crippen LogP) is 4.48. The Hall–Kier alpha value is -0.970. The van der Waals surface area contributed by atoms with E-state index in [2.05, 4.69) is 31.1 Å². The monoisotopic (exact) mass is 321 g/mol. The van der Waals surface area contributed by atoms with E-state index in [1.807, 2.05) is 12.1 Å². The Bertz CT molecular complexity index is 651. The number of hydrogen-bond acceptors (Lipinski definition) is 4. The first kappa shape index (κ1) is 14.9. The summed E-state index contributed by atoms with van der Waals surface area (Å²) in [6.45, 7) is 7.75. The van der Waals surface area contributed by atoms with E-state index in [0.717, 1.165) is 30.1 Å². The van der Waals surface area contributed by atoms with Crippen LogP contribution in [0.15, 0.2) is 18.3 Å². The van der Waals surface area contributed by atoms with Gasteiger partial charge in [-0.15, -0.1) is 11.3 Å². The first-order valence-corrected chi connectivity index (χ1v) is 8.53. The maximum Gasteiger partial charge on any atom is 0.143 e. The van der Waals surface area contributed by atoms with Crippen LogP contribution in [-0.4, -0.2) is 16.5 Å². The second-order valence-corrected chi connectivity index (χ2v) is 7.76. The molecule has 0 amide bonds. The van der Waals surface area contributed by atoms with Crippen molar-refractivity contribution in [3.8, 4) is 10.7 Å². The Kier molecular flexibility index (Phi) is 4.04. The zero-order chi connectivity index (χ0) is 15.0. The maximum absolute atomic E-state index is 6.26. The van der Waals surface area contributed by atoms with E-state index in [1.165, 1.54) is 10.6 Å². The van der Waals surface area contributed by atoms with E-state index in [0.29, 0.717) is 11.1 Å². The quantitative estimate of drug-likeness (QED) is 0.905. The molecule has 0 aliphatic heterocycles. The number of fused-ring (bicyclic) bond motifs is 1. The van der Waals surface area contributed by atoms with Crippen molar-refractivity contribution in [1.82, 2.24) is 15.3 Å². The molecule has 2 heterocycles. The minimum absolute atomic E-state index is 0.277. The molecule has 2 aromatic heterocycles. The Morgan fingerprint density at radius 1 is 1.48 bits per heavy atom. The topological polar surface area (TPSA) is 37.8 Å². The average Bonchev–Trinajstić information content (AvgIpc) is 2.81. The molecule has 3 rings (SSSR count). The lowest BCUT2D eigenvalue weighted by Gasteiger charge is -2.34. The molecule has 21 heavy (non-hydrogen) atoms. The summed E-state index contributed by atoms with van der Waals surface area (Å²) in [7, 11) is 0. The molecule has 1 N–H and O–H groups in total. The van der Waals surface area contributed by atoms with E-state index in [-0.39, 0.29) is 5.41 Å². The van der Waals surface area contributed by atoms with Crippen LogP contribution in [0.1, 0.15) is 43.8 Å². The van der Waals surface area contributed by atoms with Crippen LogP contribution < -0.4 is 5.32 Å². The van der Waals surface area contributed by atoms with Gasteiger partial charge >= 0.3 is 0 Å². The molecule has 0 saturated carbocycles. The fraction of sp³-hybridized carbons (Fsp3) is 0.500. The van der Waals surface area contributed by atoms with Crippen molar-refractivity contribution in [2.45, 2.75) is 39.7 Å². The fourth-order valence-corrected chi connectivity index (χ4v) is 4.42. The summed E-state index contributed by atoms with van der Waals surface area (Å²) in [5.41, 5.74) is 2.28. The van der Waals surface area contributed by atoms with Crippen molar-refractivity contribution in [3.63, 3.8) is 0 Å². The number of nitrogens with one attached hydrogen (secondary N) is 1. The van der Waals surface area contributed by atoms with Gasteiger partial charge in [0, 0.05) is 17.1 Å². The van der Waals surface area contributed by atoms with Gasteiger partial charge in [0.05, 0.1) is 10.7 Å². The van der Waals surface area contributed by atoms with E-state index in [9.17, 15) is 0 Å². The van der Waals surface area contributed by atoms with Crippen molar-refractivity contribution in [1.29, 1.82) is 0 Å². The lowest BCUT2D eigenvalue weighted by molar-refractivity contribution is 0.260. The first-order chi connectivity index (χ1) is 10.00. The molecular weight excluding hydrogens is 302 g/mol. The number of nitrogens with zero attached hydrogens (tertiary/aromatic N) is 2. The van der Waals surface area contributed by atoms with Crippen LogP contribution in [0.2, 0.25) is 5.02 Å². The van der Waals surface area contributed by atoms with Gasteiger partial charge in [-0.1, -0.05) is 32.4 Å². The van der Waals surface area contributed by atoms with Crippen LogP contribution in [0.25, 0.3) is 10.7 Å². The average molecular weight is 322 g/mol. The molecule has 0 spiro atoms. The third kappa shape index (κ3) is 2.98. The van der Waals surface area contributed by atoms with Gasteiger partial charge in [0.15, 0.2) is 0 Å². The van der Waals surface area contributed by atoms with Crippen LogP contribution in [0.4, 0.5) is 0 Å². The highest BCUT2D eigenvalue weighted by Crippen LogP contribution is 2.45. The Labute approximate surface area is 134 Å². The lowest BCUT2D eigenvalue weighted by atomic mass is 9.76. The van der Waals surface area contributed by atoms with Crippen molar-refractivity contribution in [3.05, 3.63) is 33.9 Å². The van der Waals surface area contributed by atoms with Gasteiger partial charge in [-0.25, -0.2) is 4.98 Å². The van der Waals surface area contributed by atoms with Crippen molar-refractivity contribution in [2.24, 2.45) is 5.41 Å². The Morgan fingerprint density at radius 2 is 2.29 bits per heavy atom. The minimum Gasteiger partial charge on any atom is -0.309 e. The normalized spacial score (nSPS) is 20.3. The summed E-state index contributed by atoms with van der Waals surface area (Å²) >= 11 is 8.00. The molecule has 1 atom stereocenters.